The molecule has 3 N–H and O–H groups in total. The maximum atomic E-state index is 12.7. The Hall–Kier alpha value is -1.57. The second kappa shape index (κ2) is 10.2. The molecule has 3 rings (SSSR count). The lowest BCUT2D eigenvalue weighted by molar-refractivity contribution is -0.121. The number of hydrogen-bond acceptors (Lipinski definition) is 2. The molecule has 0 radical (unpaired) electrons. The number of thiocarbonyl (C=S) groups is 1. The van der Waals surface area contributed by atoms with Crippen LogP contribution in [0.3, 0.4) is 0 Å². The van der Waals surface area contributed by atoms with Crippen molar-refractivity contribution in [3.63, 3.8) is 0 Å². The number of hydrogen-bond donors (Lipinski definition) is 3. The summed E-state index contributed by atoms with van der Waals surface area (Å²) in [6.07, 6.45) is -0.905. The summed E-state index contributed by atoms with van der Waals surface area (Å²) < 4.78 is -1.01. The summed E-state index contributed by atoms with van der Waals surface area (Å²) in [5.74, 6) is -0.307. The van der Waals surface area contributed by atoms with E-state index in [0.29, 0.717) is 0 Å². The maximum absolute atomic E-state index is 12.7. The molecule has 0 saturated carbocycles. The number of fused-ring (bicyclic) bond motifs is 1. The standard InChI is InChI=1S/C21H17BrCl3N3OS/c22-16-10-3-4-11-17(16)26-20(30)28-19(21(23,24)25)27-18(29)12-14-8-5-7-13-6-1-2-9-15(13)14/h1-11,19H,12H2,(H,27,29)(H2,26,28,30)/t19-/m1/s1. The predicted molar refractivity (Wildman–Crippen MR) is 133 cm³/mol. The van der Waals surface area contributed by atoms with Crippen molar-refractivity contribution in [1.82, 2.24) is 10.6 Å². The maximum Gasteiger partial charge on any atom is 0.228 e. The zero-order chi connectivity index (χ0) is 21.7. The van der Waals surface area contributed by atoms with Gasteiger partial charge in [-0.15, -0.1) is 0 Å². The Balaban J connectivity index is 1.69. The lowest BCUT2D eigenvalue weighted by Gasteiger charge is -2.28. The molecular weight excluding hydrogens is 529 g/mol. The van der Waals surface area contributed by atoms with Gasteiger partial charge in [0.1, 0.15) is 6.17 Å². The number of carbonyl (C=O) groups is 1. The third-order valence-corrected chi connectivity index (χ3v) is 5.83. The summed E-state index contributed by atoms with van der Waals surface area (Å²) in [7, 11) is 0. The summed E-state index contributed by atoms with van der Waals surface area (Å²) in [6.45, 7) is 0. The van der Waals surface area contributed by atoms with Crippen molar-refractivity contribution >= 4 is 90.4 Å². The Bertz CT molecular complexity index is 1070. The molecule has 0 spiro atoms. The molecule has 1 amide bonds. The lowest BCUT2D eigenvalue weighted by atomic mass is 10.0. The largest absolute Gasteiger partial charge is 0.339 e. The van der Waals surface area contributed by atoms with Gasteiger partial charge in [0.25, 0.3) is 0 Å². The van der Waals surface area contributed by atoms with Gasteiger partial charge in [0.05, 0.1) is 12.1 Å². The molecular formula is C21H17BrCl3N3OS. The van der Waals surface area contributed by atoms with Gasteiger partial charge in [0.2, 0.25) is 9.70 Å². The van der Waals surface area contributed by atoms with Crippen LogP contribution in [0.4, 0.5) is 5.69 Å². The highest BCUT2D eigenvalue weighted by Crippen LogP contribution is 2.29. The van der Waals surface area contributed by atoms with Gasteiger partial charge in [0, 0.05) is 4.47 Å². The Morgan fingerprint density at radius 3 is 2.37 bits per heavy atom. The average Bonchev–Trinajstić information content (AvgIpc) is 2.69. The smallest absolute Gasteiger partial charge is 0.228 e. The van der Waals surface area contributed by atoms with Crippen molar-refractivity contribution in [3.05, 3.63) is 76.8 Å². The average molecular weight is 546 g/mol. The highest BCUT2D eigenvalue weighted by Gasteiger charge is 2.34. The van der Waals surface area contributed by atoms with Crippen molar-refractivity contribution in [2.45, 2.75) is 16.4 Å². The van der Waals surface area contributed by atoms with Crippen LogP contribution in [0.2, 0.25) is 0 Å². The predicted octanol–water partition coefficient (Wildman–Crippen LogP) is 5.94. The van der Waals surface area contributed by atoms with Gasteiger partial charge in [-0.05, 0) is 56.6 Å². The van der Waals surface area contributed by atoms with E-state index in [0.717, 1.165) is 26.5 Å². The van der Waals surface area contributed by atoms with Crippen LogP contribution in [0.25, 0.3) is 10.8 Å². The monoisotopic (exact) mass is 543 g/mol. The van der Waals surface area contributed by atoms with Crippen LogP contribution >= 0.6 is 63.0 Å². The second-order valence-corrected chi connectivity index (χ2v) is 10.1. The van der Waals surface area contributed by atoms with E-state index >= 15 is 0 Å². The molecule has 0 fully saturated rings. The third kappa shape index (κ3) is 6.22. The van der Waals surface area contributed by atoms with Crippen LogP contribution in [-0.2, 0) is 11.2 Å². The minimum atomic E-state index is -1.83. The van der Waals surface area contributed by atoms with Gasteiger partial charge < -0.3 is 16.0 Å². The van der Waals surface area contributed by atoms with Crippen LogP contribution < -0.4 is 16.0 Å². The first-order chi connectivity index (χ1) is 14.2. The van der Waals surface area contributed by atoms with E-state index in [1.165, 1.54) is 0 Å². The first-order valence-electron chi connectivity index (χ1n) is 8.89. The fourth-order valence-corrected chi connectivity index (χ4v) is 3.82. The Labute approximate surface area is 203 Å². The van der Waals surface area contributed by atoms with E-state index in [4.69, 9.17) is 47.0 Å². The fourth-order valence-electron chi connectivity index (χ4n) is 2.88. The molecule has 0 aromatic heterocycles. The normalized spacial score (nSPS) is 12.3. The molecule has 9 heteroatoms. The first kappa shape index (κ1) is 23.1. The number of anilines is 1. The zero-order valence-corrected chi connectivity index (χ0v) is 20.1. The zero-order valence-electron chi connectivity index (χ0n) is 15.5. The molecule has 0 aliphatic rings. The number of halogens is 4. The van der Waals surface area contributed by atoms with Crippen molar-refractivity contribution in [1.29, 1.82) is 0 Å². The van der Waals surface area contributed by atoms with E-state index in [1.807, 2.05) is 66.7 Å². The van der Waals surface area contributed by atoms with Crippen LogP contribution in [0.1, 0.15) is 5.56 Å². The number of nitrogens with one attached hydrogen (secondary N) is 3. The van der Waals surface area contributed by atoms with Gasteiger partial charge in [-0.3, -0.25) is 4.79 Å². The second-order valence-electron chi connectivity index (χ2n) is 6.44. The summed E-state index contributed by atoms with van der Waals surface area (Å²) in [5, 5.41) is 10.8. The van der Waals surface area contributed by atoms with Crippen LogP contribution in [0.15, 0.2) is 71.2 Å². The first-order valence-corrected chi connectivity index (χ1v) is 11.2. The topological polar surface area (TPSA) is 53.2 Å². The lowest BCUT2D eigenvalue weighted by Crippen LogP contribution is -2.56. The molecule has 0 aliphatic heterocycles. The SMILES string of the molecule is O=C(Cc1cccc2ccccc12)N[C@H](NC(=S)Nc1ccccc1Br)C(Cl)(Cl)Cl. The molecule has 0 aliphatic carbocycles. The number of alkyl halides is 3. The number of carbonyl (C=O) groups excluding carboxylic acids is 1. The van der Waals surface area contributed by atoms with Crippen LogP contribution in [0.5, 0.6) is 0 Å². The van der Waals surface area contributed by atoms with E-state index in [2.05, 4.69) is 31.9 Å². The van der Waals surface area contributed by atoms with E-state index in [-0.39, 0.29) is 17.4 Å². The fraction of sp³-hybridized carbons (Fsp3) is 0.143. The number of benzene rings is 3. The van der Waals surface area contributed by atoms with Crippen molar-refractivity contribution in [3.8, 4) is 0 Å². The Morgan fingerprint density at radius 2 is 1.63 bits per heavy atom. The van der Waals surface area contributed by atoms with E-state index in [9.17, 15) is 4.79 Å². The Kier molecular flexibility index (Phi) is 7.82. The van der Waals surface area contributed by atoms with Gasteiger partial charge in [-0.2, -0.15) is 0 Å². The van der Waals surface area contributed by atoms with Crippen molar-refractivity contribution in [2.24, 2.45) is 0 Å². The number of para-hydroxylation sites is 1. The minimum Gasteiger partial charge on any atom is -0.339 e. The summed E-state index contributed by atoms with van der Waals surface area (Å²) >= 11 is 27.0. The quantitative estimate of drug-likeness (QED) is 0.211. The van der Waals surface area contributed by atoms with Gasteiger partial charge >= 0.3 is 0 Å². The molecule has 0 bridgehead atoms. The van der Waals surface area contributed by atoms with Gasteiger partial charge in [-0.25, -0.2) is 0 Å². The van der Waals surface area contributed by atoms with E-state index in [1.54, 1.807) is 0 Å². The molecule has 30 heavy (non-hydrogen) atoms. The summed E-state index contributed by atoms with van der Waals surface area (Å²) in [6, 6.07) is 21.1. The van der Waals surface area contributed by atoms with Crippen LogP contribution in [0, 0.1) is 0 Å². The third-order valence-electron chi connectivity index (χ3n) is 4.26. The molecule has 3 aromatic rings. The molecule has 0 unspecified atom stereocenters. The molecule has 156 valence electrons. The number of rotatable bonds is 5. The van der Waals surface area contributed by atoms with Gasteiger partial charge in [-0.1, -0.05) is 89.4 Å². The number of amides is 1. The van der Waals surface area contributed by atoms with E-state index < -0.39 is 9.96 Å². The highest BCUT2D eigenvalue weighted by atomic mass is 79.9. The molecule has 0 saturated heterocycles. The molecule has 4 nitrogen and oxygen atoms in total. The van der Waals surface area contributed by atoms with Crippen LogP contribution in [-0.4, -0.2) is 21.0 Å². The molecule has 0 heterocycles. The minimum absolute atomic E-state index is 0.130. The summed E-state index contributed by atoms with van der Waals surface area (Å²) in [5.41, 5.74) is 1.61. The van der Waals surface area contributed by atoms with Crippen molar-refractivity contribution in [2.75, 3.05) is 5.32 Å². The summed E-state index contributed by atoms with van der Waals surface area (Å²) in [4.78, 5) is 12.7. The Morgan fingerprint density at radius 1 is 0.967 bits per heavy atom. The molecule has 1 atom stereocenters. The molecule has 3 aromatic carbocycles. The van der Waals surface area contributed by atoms with Crippen molar-refractivity contribution < 1.29 is 4.79 Å². The van der Waals surface area contributed by atoms with Gasteiger partial charge in [0.15, 0.2) is 5.11 Å². The highest BCUT2D eigenvalue weighted by molar-refractivity contribution is 9.10.